The Morgan fingerprint density at radius 3 is 2.53 bits per heavy atom. The number of hydrogen-bond donors (Lipinski definition) is 0. The summed E-state index contributed by atoms with van der Waals surface area (Å²) < 4.78 is 1.05. The highest BCUT2D eigenvalue weighted by Gasteiger charge is 2.05. The third kappa shape index (κ3) is 2.80. The molecule has 86 valence electrons. The lowest BCUT2D eigenvalue weighted by Gasteiger charge is -2.07. The van der Waals surface area contributed by atoms with E-state index in [-0.39, 0.29) is 0 Å². The van der Waals surface area contributed by atoms with Crippen LogP contribution in [0.1, 0.15) is 12.5 Å². The SMILES string of the molecule is C=C(C)c1ccc(-c2cccc(Br)c2)c(Cl)c1. The van der Waals surface area contributed by atoms with Crippen molar-refractivity contribution >= 4 is 33.1 Å². The van der Waals surface area contributed by atoms with E-state index in [4.69, 9.17) is 11.6 Å². The van der Waals surface area contributed by atoms with Crippen LogP contribution in [0.25, 0.3) is 16.7 Å². The van der Waals surface area contributed by atoms with Crippen molar-refractivity contribution in [2.24, 2.45) is 0 Å². The van der Waals surface area contributed by atoms with Gasteiger partial charge in [0.2, 0.25) is 0 Å². The Morgan fingerprint density at radius 1 is 1.18 bits per heavy atom. The van der Waals surface area contributed by atoms with Crippen LogP contribution in [-0.4, -0.2) is 0 Å². The van der Waals surface area contributed by atoms with E-state index in [2.05, 4.69) is 28.6 Å². The highest BCUT2D eigenvalue weighted by atomic mass is 79.9. The number of hydrogen-bond acceptors (Lipinski definition) is 0. The zero-order valence-electron chi connectivity index (χ0n) is 9.50. The van der Waals surface area contributed by atoms with Crippen molar-refractivity contribution in [1.29, 1.82) is 0 Å². The Morgan fingerprint density at radius 2 is 1.94 bits per heavy atom. The predicted molar refractivity (Wildman–Crippen MR) is 79.3 cm³/mol. The van der Waals surface area contributed by atoms with Gasteiger partial charge in [0, 0.05) is 15.1 Å². The van der Waals surface area contributed by atoms with E-state index < -0.39 is 0 Å². The summed E-state index contributed by atoms with van der Waals surface area (Å²) in [4.78, 5) is 0. The second-order valence-corrected chi connectivity index (χ2v) is 5.31. The number of rotatable bonds is 2. The molecule has 0 nitrogen and oxygen atoms in total. The molecule has 0 aliphatic heterocycles. The first-order chi connectivity index (χ1) is 8.08. The van der Waals surface area contributed by atoms with Crippen LogP contribution < -0.4 is 0 Å². The zero-order valence-corrected chi connectivity index (χ0v) is 11.8. The van der Waals surface area contributed by atoms with Crippen LogP contribution in [0.5, 0.6) is 0 Å². The molecule has 0 aliphatic carbocycles. The summed E-state index contributed by atoms with van der Waals surface area (Å²) in [6.45, 7) is 5.89. The van der Waals surface area contributed by atoms with E-state index in [9.17, 15) is 0 Å². The monoisotopic (exact) mass is 306 g/mol. The second-order valence-electron chi connectivity index (χ2n) is 3.99. The maximum absolute atomic E-state index is 6.30. The molecule has 0 fully saturated rings. The van der Waals surface area contributed by atoms with Crippen LogP contribution in [0.3, 0.4) is 0 Å². The van der Waals surface area contributed by atoms with Gasteiger partial charge in [0.15, 0.2) is 0 Å². The van der Waals surface area contributed by atoms with Gasteiger partial charge in [-0.05, 0) is 36.2 Å². The fourth-order valence-corrected chi connectivity index (χ4v) is 2.36. The molecular weight excluding hydrogens is 296 g/mol. The molecule has 2 aromatic rings. The molecule has 2 aromatic carbocycles. The molecule has 0 saturated carbocycles. The predicted octanol–water partition coefficient (Wildman–Crippen LogP) is 5.80. The molecule has 0 saturated heterocycles. The van der Waals surface area contributed by atoms with Crippen molar-refractivity contribution in [2.45, 2.75) is 6.92 Å². The van der Waals surface area contributed by atoms with Crippen LogP contribution >= 0.6 is 27.5 Å². The van der Waals surface area contributed by atoms with E-state index in [1.807, 2.05) is 43.3 Å². The van der Waals surface area contributed by atoms with Crippen molar-refractivity contribution in [3.8, 4) is 11.1 Å². The summed E-state index contributed by atoms with van der Waals surface area (Å²) in [5, 5.41) is 0.753. The summed E-state index contributed by atoms with van der Waals surface area (Å²) in [7, 11) is 0. The third-order valence-corrected chi connectivity index (χ3v) is 3.40. The molecule has 2 rings (SSSR count). The number of allylic oxidation sites excluding steroid dienone is 1. The fourth-order valence-electron chi connectivity index (χ4n) is 1.67. The molecule has 0 N–H and O–H groups in total. The topological polar surface area (TPSA) is 0 Å². The van der Waals surface area contributed by atoms with Crippen molar-refractivity contribution in [3.63, 3.8) is 0 Å². The summed E-state index contributed by atoms with van der Waals surface area (Å²) in [6, 6.07) is 14.1. The van der Waals surface area contributed by atoms with Gasteiger partial charge in [-0.1, -0.05) is 63.9 Å². The first-order valence-corrected chi connectivity index (χ1v) is 6.46. The van der Waals surface area contributed by atoms with Gasteiger partial charge in [0.1, 0.15) is 0 Å². The van der Waals surface area contributed by atoms with Gasteiger partial charge in [-0.3, -0.25) is 0 Å². The molecule has 0 unspecified atom stereocenters. The molecule has 0 aliphatic rings. The van der Waals surface area contributed by atoms with Crippen LogP contribution in [-0.2, 0) is 0 Å². The van der Waals surface area contributed by atoms with E-state index in [0.29, 0.717) is 0 Å². The number of benzene rings is 2. The molecule has 17 heavy (non-hydrogen) atoms. The molecule has 0 bridgehead atoms. The summed E-state index contributed by atoms with van der Waals surface area (Å²) in [5.41, 5.74) is 4.25. The van der Waals surface area contributed by atoms with Crippen LogP contribution in [0, 0.1) is 0 Å². The van der Waals surface area contributed by atoms with Gasteiger partial charge < -0.3 is 0 Å². The van der Waals surface area contributed by atoms with Crippen LogP contribution in [0.15, 0.2) is 53.5 Å². The summed E-state index contributed by atoms with van der Waals surface area (Å²) >= 11 is 9.77. The highest BCUT2D eigenvalue weighted by molar-refractivity contribution is 9.10. The van der Waals surface area contributed by atoms with Crippen molar-refractivity contribution in [2.75, 3.05) is 0 Å². The first kappa shape index (κ1) is 12.4. The Hall–Kier alpha value is -1.05. The van der Waals surface area contributed by atoms with Gasteiger partial charge >= 0.3 is 0 Å². The Bertz CT molecular complexity index is 573. The second kappa shape index (κ2) is 5.07. The molecular formula is C15H12BrCl. The lowest BCUT2D eigenvalue weighted by Crippen LogP contribution is -1.83. The summed E-state index contributed by atoms with van der Waals surface area (Å²) in [5.74, 6) is 0. The van der Waals surface area contributed by atoms with Gasteiger partial charge in [0.25, 0.3) is 0 Å². The first-order valence-electron chi connectivity index (χ1n) is 5.29. The molecule has 0 radical (unpaired) electrons. The Labute approximate surface area is 115 Å². The maximum Gasteiger partial charge on any atom is 0.0490 e. The normalized spacial score (nSPS) is 10.3. The quantitative estimate of drug-likeness (QED) is 0.657. The highest BCUT2D eigenvalue weighted by Crippen LogP contribution is 2.31. The van der Waals surface area contributed by atoms with Crippen LogP contribution in [0.4, 0.5) is 0 Å². The standard InChI is InChI=1S/C15H12BrCl/c1-10(2)11-6-7-14(15(17)9-11)12-4-3-5-13(16)8-12/h3-9H,1H2,2H3. The van der Waals surface area contributed by atoms with Gasteiger partial charge in [0.05, 0.1) is 0 Å². The minimum atomic E-state index is 0.753. The average Bonchev–Trinajstić information content (AvgIpc) is 2.28. The number of halogens is 2. The Balaban J connectivity index is 2.50. The van der Waals surface area contributed by atoms with Crippen molar-refractivity contribution < 1.29 is 0 Å². The van der Waals surface area contributed by atoms with E-state index in [0.717, 1.165) is 31.8 Å². The summed E-state index contributed by atoms with van der Waals surface area (Å²) in [6.07, 6.45) is 0. The van der Waals surface area contributed by atoms with Crippen LogP contribution in [0.2, 0.25) is 5.02 Å². The molecule has 2 heteroatoms. The minimum Gasteiger partial charge on any atom is -0.0955 e. The van der Waals surface area contributed by atoms with Crippen molar-refractivity contribution in [3.05, 3.63) is 64.1 Å². The van der Waals surface area contributed by atoms with E-state index in [1.54, 1.807) is 0 Å². The lowest BCUT2D eigenvalue weighted by atomic mass is 10.0. The molecule has 0 atom stereocenters. The van der Waals surface area contributed by atoms with Gasteiger partial charge in [-0.25, -0.2) is 0 Å². The van der Waals surface area contributed by atoms with Gasteiger partial charge in [-0.2, -0.15) is 0 Å². The zero-order chi connectivity index (χ0) is 12.4. The maximum atomic E-state index is 6.30. The molecule has 0 aromatic heterocycles. The molecule has 0 amide bonds. The average molecular weight is 308 g/mol. The fraction of sp³-hybridized carbons (Fsp3) is 0.0667. The smallest absolute Gasteiger partial charge is 0.0490 e. The largest absolute Gasteiger partial charge is 0.0955 e. The molecule has 0 spiro atoms. The lowest BCUT2D eigenvalue weighted by molar-refractivity contribution is 1.55. The third-order valence-electron chi connectivity index (χ3n) is 2.60. The molecule has 0 heterocycles. The van der Waals surface area contributed by atoms with Gasteiger partial charge in [-0.15, -0.1) is 0 Å². The minimum absolute atomic E-state index is 0.753. The van der Waals surface area contributed by atoms with Crippen molar-refractivity contribution in [1.82, 2.24) is 0 Å². The Kier molecular flexibility index (Phi) is 3.70. The van der Waals surface area contributed by atoms with E-state index in [1.165, 1.54) is 0 Å². The van der Waals surface area contributed by atoms with E-state index >= 15 is 0 Å².